The zero-order chi connectivity index (χ0) is 25.9. The first-order valence-electron chi connectivity index (χ1n) is 7.27. The highest BCUT2D eigenvalue weighted by Gasteiger charge is 2.39. The van der Waals surface area contributed by atoms with E-state index in [1.54, 1.807) is 12.1 Å². The molecule has 0 spiro atoms. The fourth-order valence-corrected chi connectivity index (χ4v) is 1.18. The molecule has 180 valence electrons. The Morgan fingerprint density at radius 2 is 0.844 bits per heavy atom. The van der Waals surface area contributed by atoms with Gasteiger partial charge >= 0.3 is 36.4 Å². The molecule has 2 aromatic rings. The Morgan fingerprint density at radius 3 is 1.12 bits per heavy atom. The monoisotopic (exact) mass is 486 g/mol. The second kappa shape index (κ2) is 12.2. The topological polar surface area (TPSA) is 132 Å². The smallest absolute Gasteiger partial charge is 0.490 e. The second-order valence-electron chi connectivity index (χ2n) is 4.94. The summed E-state index contributed by atoms with van der Waals surface area (Å²) in [6.07, 6.45) is -15.3. The van der Waals surface area contributed by atoms with Crippen molar-refractivity contribution in [2.75, 3.05) is 0 Å². The number of carbonyl (C=O) groups is 3. The minimum absolute atomic E-state index is 0.323. The predicted octanol–water partition coefficient (Wildman–Crippen LogP) is 4.45. The third kappa shape index (κ3) is 14.3. The van der Waals surface area contributed by atoms with Crippen molar-refractivity contribution in [3.05, 3.63) is 42.5 Å². The van der Waals surface area contributed by atoms with Crippen molar-refractivity contribution >= 4 is 28.7 Å². The quantitative estimate of drug-likeness (QED) is 0.405. The number of hydrogen-bond acceptors (Lipinski definition) is 4. The number of aromatic hydroxyl groups is 1. The number of hydrogen-bond donors (Lipinski definition) is 4. The van der Waals surface area contributed by atoms with Crippen LogP contribution in [0.3, 0.4) is 0 Å². The molecule has 0 unspecified atom stereocenters. The molecule has 0 saturated heterocycles. The number of alkyl halides is 9. The van der Waals surface area contributed by atoms with E-state index >= 15 is 0 Å². The number of rotatable bonds is 0. The molecule has 0 aliphatic heterocycles. The molecule has 2 aromatic carbocycles. The van der Waals surface area contributed by atoms with Crippen molar-refractivity contribution in [2.24, 2.45) is 0 Å². The first-order chi connectivity index (χ1) is 14.2. The van der Waals surface area contributed by atoms with Gasteiger partial charge in [-0.15, -0.1) is 0 Å². The molecule has 4 N–H and O–H groups in total. The Labute approximate surface area is 170 Å². The normalized spacial score (nSPS) is 10.9. The van der Waals surface area contributed by atoms with Crippen LogP contribution in [0.5, 0.6) is 5.75 Å². The molecule has 0 radical (unpaired) electrons. The van der Waals surface area contributed by atoms with Crippen LogP contribution in [0.25, 0.3) is 10.8 Å². The highest BCUT2D eigenvalue weighted by Crippen LogP contribution is 2.18. The van der Waals surface area contributed by atoms with Crippen LogP contribution in [0.4, 0.5) is 39.5 Å². The van der Waals surface area contributed by atoms with Crippen molar-refractivity contribution in [3.8, 4) is 5.75 Å². The molecular formula is C16H11F9O7. The molecule has 0 heterocycles. The van der Waals surface area contributed by atoms with Gasteiger partial charge in [0.05, 0.1) is 0 Å². The summed E-state index contributed by atoms with van der Waals surface area (Å²) in [6, 6.07) is 13.3. The molecule has 0 fully saturated rings. The summed E-state index contributed by atoms with van der Waals surface area (Å²) in [7, 11) is 0. The van der Waals surface area contributed by atoms with E-state index in [9.17, 15) is 39.5 Å². The van der Waals surface area contributed by atoms with Crippen LogP contribution in [0.15, 0.2) is 42.5 Å². The lowest BCUT2D eigenvalue weighted by atomic mass is 10.1. The van der Waals surface area contributed by atoms with Gasteiger partial charge in [-0.3, -0.25) is 0 Å². The van der Waals surface area contributed by atoms with Gasteiger partial charge in [-0.25, -0.2) is 14.4 Å². The summed E-state index contributed by atoms with van der Waals surface area (Å²) in [4.78, 5) is 26.7. The Morgan fingerprint density at radius 1 is 0.562 bits per heavy atom. The minimum Gasteiger partial charge on any atom is -0.508 e. The summed E-state index contributed by atoms with van der Waals surface area (Å²) < 4.78 is 95.2. The van der Waals surface area contributed by atoms with Gasteiger partial charge in [-0.2, -0.15) is 39.5 Å². The van der Waals surface area contributed by atoms with Gasteiger partial charge in [0.15, 0.2) is 0 Å². The zero-order valence-electron chi connectivity index (χ0n) is 15.0. The maximum Gasteiger partial charge on any atom is 0.490 e. The molecule has 7 nitrogen and oxygen atoms in total. The first-order valence-corrected chi connectivity index (χ1v) is 7.27. The molecule has 32 heavy (non-hydrogen) atoms. The van der Waals surface area contributed by atoms with E-state index in [1.807, 2.05) is 30.3 Å². The highest BCUT2D eigenvalue weighted by molar-refractivity contribution is 5.83. The molecule has 2 rings (SSSR count). The van der Waals surface area contributed by atoms with Crippen molar-refractivity contribution in [1.29, 1.82) is 0 Å². The van der Waals surface area contributed by atoms with Crippen LogP contribution < -0.4 is 0 Å². The standard InChI is InChI=1S/C10H8O.3C2HF3O2/c11-10-6-5-8-3-1-2-4-9(8)7-10;3*3-2(4,5)1(6)7/h1-7,11H;3*(H,6,7). The number of phenols is 1. The van der Waals surface area contributed by atoms with Crippen molar-refractivity contribution in [1.82, 2.24) is 0 Å². The maximum atomic E-state index is 10.6. The fraction of sp³-hybridized carbons (Fsp3) is 0.188. The summed E-state index contributed by atoms with van der Waals surface area (Å²) in [5.41, 5.74) is 0. The minimum atomic E-state index is -5.08. The molecule has 0 aliphatic rings. The fourth-order valence-electron chi connectivity index (χ4n) is 1.18. The van der Waals surface area contributed by atoms with Gasteiger partial charge in [-0.05, 0) is 22.9 Å². The van der Waals surface area contributed by atoms with Gasteiger partial charge in [0.1, 0.15) is 5.75 Å². The average molecular weight is 486 g/mol. The Kier molecular flexibility index (Phi) is 11.6. The van der Waals surface area contributed by atoms with Crippen molar-refractivity contribution in [3.63, 3.8) is 0 Å². The molecule has 0 saturated carbocycles. The Hall–Kier alpha value is -3.72. The average Bonchev–Trinajstić information content (AvgIpc) is 2.60. The number of halogens is 9. The van der Waals surface area contributed by atoms with Gasteiger partial charge < -0.3 is 20.4 Å². The number of fused-ring (bicyclic) bond motifs is 1. The zero-order valence-corrected chi connectivity index (χ0v) is 15.0. The van der Waals surface area contributed by atoms with E-state index in [4.69, 9.17) is 34.8 Å². The lowest BCUT2D eigenvalue weighted by Crippen LogP contribution is -2.21. The summed E-state index contributed by atoms with van der Waals surface area (Å²) in [5, 5.41) is 32.7. The highest BCUT2D eigenvalue weighted by atomic mass is 19.4. The lowest BCUT2D eigenvalue weighted by molar-refractivity contribution is -0.193. The molecule has 16 heteroatoms. The summed E-state index contributed by atoms with van der Waals surface area (Å²) in [5.74, 6) is -7.95. The van der Waals surface area contributed by atoms with E-state index in [0.29, 0.717) is 5.75 Å². The number of aliphatic carboxylic acids is 3. The van der Waals surface area contributed by atoms with Crippen molar-refractivity contribution in [2.45, 2.75) is 18.5 Å². The SMILES string of the molecule is O=C(O)C(F)(F)F.O=C(O)C(F)(F)F.O=C(O)C(F)(F)F.Oc1ccc2ccccc2c1. The lowest BCUT2D eigenvalue weighted by Gasteiger charge is -1.96. The molecule has 0 aliphatic carbocycles. The molecule has 0 atom stereocenters. The van der Waals surface area contributed by atoms with E-state index in [1.165, 1.54) is 0 Å². The van der Waals surface area contributed by atoms with Gasteiger partial charge in [-0.1, -0.05) is 30.3 Å². The largest absolute Gasteiger partial charge is 0.508 e. The van der Waals surface area contributed by atoms with Crippen LogP contribution in [0.2, 0.25) is 0 Å². The molecular weight excluding hydrogens is 475 g/mol. The third-order valence-corrected chi connectivity index (χ3v) is 2.46. The predicted molar refractivity (Wildman–Crippen MR) is 86.7 cm³/mol. The molecule has 0 amide bonds. The van der Waals surface area contributed by atoms with Gasteiger partial charge in [0.25, 0.3) is 0 Å². The number of carboxylic acid groups (broad SMARTS) is 3. The first kappa shape index (κ1) is 30.5. The van der Waals surface area contributed by atoms with E-state index < -0.39 is 36.4 Å². The van der Waals surface area contributed by atoms with Gasteiger partial charge in [0.2, 0.25) is 0 Å². The van der Waals surface area contributed by atoms with E-state index in [0.717, 1.165) is 10.8 Å². The third-order valence-electron chi connectivity index (χ3n) is 2.46. The Balaban J connectivity index is 0. The molecule has 0 aromatic heterocycles. The van der Waals surface area contributed by atoms with Crippen molar-refractivity contribution < 1.29 is 74.3 Å². The summed E-state index contributed by atoms with van der Waals surface area (Å²) in [6.45, 7) is 0. The maximum absolute atomic E-state index is 10.6. The summed E-state index contributed by atoms with van der Waals surface area (Å²) >= 11 is 0. The van der Waals surface area contributed by atoms with Crippen LogP contribution in [-0.2, 0) is 14.4 Å². The van der Waals surface area contributed by atoms with E-state index in [-0.39, 0.29) is 0 Å². The van der Waals surface area contributed by atoms with Crippen LogP contribution >= 0.6 is 0 Å². The van der Waals surface area contributed by atoms with Crippen LogP contribution in [-0.4, -0.2) is 56.9 Å². The molecule has 0 bridgehead atoms. The number of carboxylic acids is 3. The number of benzene rings is 2. The van der Waals surface area contributed by atoms with Crippen LogP contribution in [0, 0.1) is 0 Å². The Bertz CT molecular complexity index is 846. The van der Waals surface area contributed by atoms with Crippen LogP contribution in [0.1, 0.15) is 0 Å². The second-order valence-corrected chi connectivity index (χ2v) is 4.94. The van der Waals surface area contributed by atoms with E-state index in [2.05, 4.69) is 0 Å². The van der Waals surface area contributed by atoms with Gasteiger partial charge in [0, 0.05) is 0 Å². The number of phenolic OH excluding ortho intramolecular Hbond substituents is 1.